The van der Waals surface area contributed by atoms with E-state index in [0.717, 1.165) is 11.1 Å². The number of carboxylic acids is 1. The lowest BCUT2D eigenvalue weighted by atomic mass is 9.94. The quantitative estimate of drug-likeness (QED) is 0.899. The summed E-state index contributed by atoms with van der Waals surface area (Å²) in [6.07, 6.45) is 0.832. The summed E-state index contributed by atoms with van der Waals surface area (Å²) in [4.78, 5) is 11.2. The first-order valence-electron chi connectivity index (χ1n) is 5.63. The highest BCUT2D eigenvalue weighted by Gasteiger charge is 2.19. The van der Waals surface area contributed by atoms with Gasteiger partial charge in [0.25, 0.3) is 0 Å². The molecule has 0 aliphatic rings. The molecular weight excluding hydrogens is 251 g/mol. The number of halogens is 1. The van der Waals surface area contributed by atoms with Gasteiger partial charge in [0.15, 0.2) is 0 Å². The zero-order valence-corrected chi connectivity index (χ0v) is 10.5. The first-order valence-corrected chi connectivity index (χ1v) is 6.58. The number of benzene rings is 1. The SMILES string of the molecule is O=C(O)C(Cc1ccsc1)Cc1cccc(F)c1. The summed E-state index contributed by atoms with van der Waals surface area (Å²) in [7, 11) is 0. The van der Waals surface area contributed by atoms with Gasteiger partial charge in [-0.2, -0.15) is 11.3 Å². The summed E-state index contributed by atoms with van der Waals surface area (Å²) in [5, 5.41) is 13.1. The van der Waals surface area contributed by atoms with E-state index in [0.29, 0.717) is 12.8 Å². The average molecular weight is 264 g/mol. The highest BCUT2D eigenvalue weighted by atomic mass is 32.1. The summed E-state index contributed by atoms with van der Waals surface area (Å²) in [5.74, 6) is -1.68. The minimum absolute atomic E-state index is 0.327. The molecule has 1 atom stereocenters. The van der Waals surface area contributed by atoms with Gasteiger partial charge in [0.1, 0.15) is 5.82 Å². The van der Waals surface area contributed by atoms with Crippen molar-refractivity contribution in [1.82, 2.24) is 0 Å². The molecule has 1 aromatic heterocycles. The van der Waals surface area contributed by atoms with Gasteiger partial charge in [0.2, 0.25) is 0 Å². The number of thiophene rings is 1. The van der Waals surface area contributed by atoms with Gasteiger partial charge in [0, 0.05) is 0 Å². The Balaban J connectivity index is 2.09. The Hall–Kier alpha value is -1.68. The molecule has 1 N–H and O–H groups in total. The lowest BCUT2D eigenvalue weighted by Crippen LogP contribution is -2.19. The van der Waals surface area contributed by atoms with Crippen molar-refractivity contribution in [2.75, 3.05) is 0 Å². The Morgan fingerprint density at radius 3 is 2.67 bits per heavy atom. The van der Waals surface area contributed by atoms with E-state index in [4.69, 9.17) is 0 Å². The fraction of sp³-hybridized carbons (Fsp3) is 0.214. The van der Waals surface area contributed by atoms with Gasteiger partial charge in [-0.05, 0) is 52.9 Å². The Morgan fingerprint density at radius 2 is 2.06 bits per heavy atom. The zero-order valence-electron chi connectivity index (χ0n) is 9.67. The predicted octanol–water partition coefficient (Wildman–Crippen LogP) is 3.37. The molecule has 2 rings (SSSR count). The molecule has 0 spiro atoms. The maximum Gasteiger partial charge on any atom is 0.307 e. The van der Waals surface area contributed by atoms with Crippen molar-refractivity contribution in [2.24, 2.45) is 5.92 Å². The molecule has 0 aliphatic carbocycles. The Labute approximate surface area is 109 Å². The Morgan fingerprint density at radius 1 is 1.28 bits per heavy atom. The molecule has 0 saturated carbocycles. The number of aliphatic carboxylic acids is 1. The fourth-order valence-corrected chi connectivity index (χ4v) is 2.57. The van der Waals surface area contributed by atoms with Gasteiger partial charge in [-0.15, -0.1) is 0 Å². The first-order chi connectivity index (χ1) is 8.65. The van der Waals surface area contributed by atoms with E-state index < -0.39 is 11.9 Å². The molecule has 0 fully saturated rings. The van der Waals surface area contributed by atoms with Crippen LogP contribution in [-0.2, 0) is 17.6 Å². The fourth-order valence-electron chi connectivity index (χ4n) is 1.89. The minimum Gasteiger partial charge on any atom is -0.481 e. The van der Waals surface area contributed by atoms with Crippen LogP contribution >= 0.6 is 11.3 Å². The van der Waals surface area contributed by atoms with Crippen LogP contribution in [0.1, 0.15) is 11.1 Å². The normalized spacial score (nSPS) is 12.3. The third kappa shape index (κ3) is 3.40. The van der Waals surface area contributed by atoms with Crippen LogP contribution in [0.5, 0.6) is 0 Å². The summed E-state index contributed by atoms with van der Waals surface area (Å²) in [6, 6.07) is 8.04. The monoisotopic (exact) mass is 264 g/mol. The van der Waals surface area contributed by atoms with E-state index in [1.165, 1.54) is 12.1 Å². The molecule has 94 valence electrons. The highest BCUT2D eigenvalue weighted by Crippen LogP contribution is 2.17. The number of carboxylic acid groups (broad SMARTS) is 1. The molecule has 1 aromatic carbocycles. The third-order valence-corrected chi connectivity index (χ3v) is 3.51. The maximum atomic E-state index is 13.1. The minimum atomic E-state index is -0.842. The van der Waals surface area contributed by atoms with Crippen molar-refractivity contribution in [3.8, 4) is 0 Å². The average Bonchev–Trinajstić information content (AvgIpc) is 2.81. The zero-order chi connectivity index (χ0) is 13.0. The van der Waals surface area contributed by atoms with Crippen LogP contribution in [0, 0.1) is 11.7 Å². The first kappa shape index (κ1) is 12.8. The number of hydrogen-bond acceptors (Lipinski definition) is 2. The van der Waals surface area contributed by atoms with E-state index in [9.17, 15) is 14.3 Å². The molecule has 4 heteroatoms. The van der Waals surface area contributed by atoms with E-state index in [2.05, 4.69) is 0 Å². The molecule has 1 unspecified atom stereocenters. The molecule has 1 heterocycles. The molecular formula is C14H13FO2S. The molecule has 2 nitrogen and oxygen atoms in total. The van der Waals surface area contributed by atoms with Crippen LogP contribution in [-0.4, -0.2) is 11.1 Å². The second kappa shape index (κ2) is 5.78. The summed E-state index contributed by atoms with van der Waals surface area (Å²) in [5.41, 5.74) is 1.74. The third-order valence-electron chi connectivity index (χ3n) is 2.78. The lowest BCUT2D eigenvalue weighted by Gasteiger charge is -2.11. The molecule has 18 heavy (non-hydrogen) atoms. The van der Waals surface area contributed by atoms with Gasteiger partial charge >= 0.3 is 5.97 Å². The number of carbonyl (C=O) groups is 1. The van der Waals surface area contributed by atoms with Crippen molar-refractivity contribution in [3.05, 3.63) is 58.0 Å². The van der Waals surface area contributed by atoms with Gasteiger partial charge in [-0.3, -0.25) is 4.79 Å². The van der Waals surface area contributed by atoms with Crippen LogP contribution in [0.25, 0.3) is 0 Å². The smallest absolute Gasteiger partial charge is 0.307 e. The van der Waals surface area contributed by atoms with E-state index in [1.54, 1.807) is 23.5 Å². The van der Waals surface area contributed by atoms with E-state index in [1.807, 2.05) is 16.8 Å². The molecule has 0 saturated heterocycles. The van der Waals surface area contributed by atoms with Crippen LogP contribution in [0.4, 0.5) is 4.39 Å². The second-order valence-electron chi connectivity index (χ2n) is 4.20. The standard InChI is InChI=1S/C14H13FO2S/c15-13-3-1-2-10(8-13)6-12(14(16)17)7-11-4-5-18-9-11/h1-5,8-9,12H,6-7H2,(H,16,17). The van der Waals surface area contributed by atoms with Crippen molar-refractivity contribution in [2.45, 2.75) is 12.8 Å². The van der Waals surface area contributed by atoms with Crippen LogP contribution in [0.2, 0.25) is 0 Å². The summed E-state index contributed by atoms with van der Waals surface area (Å²) < 4.78 is 13.1. The lowest BCUT2D eigenvalue weighted by molar-refractivity contribution is -0.141. The molecule has 0 aliphatic heterocycles. The van der Waals surface area contributed by atoms with Gasteiger partial charge in [-0.25, -0.2) is 4.39 Å². The predicted molar refractivity (Wildman–Crippen MR) is 69.3 cm³/mol. The van der Waals surface area contributed by atoms with Crippen molar-refractivity contribution >= 4 is 17.3 Å². The molecule has 0 radical (unpaired) electrons. The summed E-state index contributed by atoms with van der Waals surface area (Å²) >= 11 is 1.55. The molecule has 0 amide bonds. The largest absolute Gasteiger partial charge is 0.481 e. The van der Waals surface area contributed by atoms with E-state index >= 15 is 0 Å². The highest BCUT2D eigenvalue weighted by molar-refractivity contribution is 7.07. The summed E-state index contributed by atoms with van der Waals surface area (Å²) in [6.45, 7) is 0. The van der Waals surface area contributed by atoms with Gasteiger partial charge < -0.3 is 5.11 Å². The van der Waals surface area contributed by atoms with Crippen LogP contribution < -0.4 is 0 Å². The second-order valence-corrected chi connectivity index (χ2v) is 4.98. The number of rotatable bonds is 5. The topological polar surface area (TPSA) is 37.3 Å². The van der Waals surface area contributed by atoms with Crippen LogP contribution in [0.15, 0.2) is 41.1 Å². The Bertz CT molecular complexity index is 522. The van der Waals surface area contributed by atoms with Crippen molar-refractivity contribution in [1.29, 1.82) is 0 Å². The van der Waals surface area contributed by atoms with Crippen molar-refractivity contribution in [3.63, 3.8) is 0 Å². The van der Waals surface area contributed by atoms with E-state index in [-0.39, 0.29) is 5.82 Å². The molecule has 0 bridgehead atoms. The van der Waals surface area contributed by atoms with Crippen molar-refractivity contribution < 1.29 is 14.3 Å². The number of hydrogen-bond donors (Lipinski definition) is 1. The molecule has 2 aromatic rings. The van der Waals surface area contributed by atoms with Crippen LogP contribution in [0.3, 0.4) is 0 Å². The Kier molecular flexibility index (Phi) is 4.10. The maximum absolute atomic E-state index is 13.1. The van der Waals surface area contributed by atoms with Gasteiger partial charge in [-0.1, -0.05) is 12.1 Å². The van der Waals surface area contributed by atoms with Gasteiger partial charge in [0.05, 0.1) is 5.92 Å².